The third-order valence-corrected chi connectivity index (χ3v) is 3.79. The summed E-state index contributed by atoms with van der Waals surface area (Å²) in [6.45, 7) is 0. The van der Waals surface area contributed by atoms with E-state index in [-0.39, 0.29) is 21.6 Å². The topological polar surface area (TPSA) is 88.4 Å². The Kier molecular flexibility index (Phi) is 5.00. The molecule has 12 heteroatoms. The first-order valence-corrected chi connectivity index (χ1v) is 7.34. The molecule has 0 saturated heterocycles. The van der Waals surface area contributed by atoms with E-state index in [1.54, 1.807) is 0 Å². The van der Waals surface area contributed by atoms with Crippen molar-refractivity contribution in [2.75, 3.05) is 12.8 Å². The maximum Gasteiger partial charge on any atom is 0.417 e. The van der Waals surface area contributed by atoms with E-state index in [4.69, 9.17) is 11.6 Å². The molecule has 0 aliphatic rings. The second-order valence-electron chi connectivity index (χ2n) is 4.17. The largest absolute Gasteiger partial charge is 0.417 e. The molecule has 124 valence electrons. The van der Waals surface area contributed by atoms with Crippen LogP contribution in [-0.2, 0) is 11.0 Å². The number of fused-ring (bicyclic) bond motifs is 1. The first kappa shape index (κ1) is 17.3. The number of thioether (sulfide) groups is 1. The molecule has 2 N–H and O–H groups in total. The van der Waals surface area contributed by atoms with Crippen LogP contribution in [0.2, 0.25) is 5.02 Å². The van der Waals surface area contributed by atoms with Crippen molar-refractivity contribution >= 4 is 40.9 Å². The molecule has 0 aliphatic carbocycles. The number of amides is 3. The maximum absolute atomic E-state index is 12.8. The molecule has 0 atom stereocenters. The number of nitrogens with one attached hydrogen (secondary N) is 2. The number of hydrogen-bond acceptors (Lipinski definition) is 5. The van der Waals surface area contributed by atoms with E-state index in [1.807, 2.05) is 5.32 Å². The van der Waals surface area contributed by atoms with Crippen LogP contribution >= 0.6 is 23.4 Å². The van der Waals surface area contributed by atoms with Crippen molar-refractivity contribution in [3.05, 3.63) is 22.8 Å². The van der Waals surface area contributed by atoms with E-state index >= 15 is 0 Å². The fraction of sp³-hybridized carbons (Fsp3) is 0.273. The van der Waals surface area contributed by atoms with Gasteiger partial charge in [0.2, 0.25) is 5.91 Å². The Bertz CT molecular complexity index is 764. The fourth-order valence-electron chi connectivity index (χ4n) is 1.54. The molecule has 0 bridgehead atoms. The van der Waals surface area contributed by atoms with Crippen LogP contribution in [0.3, 0.4) is 0 Å². The van der Waals surface area contributed by atoms with Crippen molar-refractivity contribution in [2.24, 2.45) is 0 Å². The molecule has 2 heterocycles. The summed E-state index contributed by atoms with van der Waals surface area (Å²) in [5.74, 6) is -0.869. The van der Waals surface area contributed by atoms with Crippen LogP contribution in [0.5, 0.6) is 0 Å². The van der Waals surface area contributed by atoms with Gasteiger partial charge in [0.1, 0.15) is 0 Å². The van der Waals surface area contributed by atoms with Crippen LogP contribution in [0.4, 0.5) is 18.0 Å². The van der Waals surface area contributed by atoms with Gasteiger partial charge >= 0.3 is 12.2 Å². The van der Waals surface area contributed by atoms with Crippen molar-refractivity contribution in [1.82, 2.24) is 25.2 Å². The van der Waals surface area contributed by atoms with Gasteiger partial charge in [-0.25, -0.2) is 4.79 Å². The molecule has 3 amide bonds. The van der Waals surface area contributed by atoms with Crippen LogP contribution in [0.25, 0.3) is 5.65 Å². The Balaban J connectivity index is 2.23. The Morgan fingerprint density at radius 1 is 1.39 bits per heavy atom. The van der Waals surface area contributed by atoms with E-state index in [0.29, 0.717) is 0 Å². The number of alkyl halides is 3. The van der Waals surface area contributed by atoms with Crippen molar-refractivity contribution < 1.29 is 22.8 Å². The number of aromatic nitrogens is 3. The Hall–Kier alpha value is -2.01. The Morgan fingerprint density at radius 2 is 2.09 bits per heavy atom. The zero-order valence-electron chi connectivity index (χ0n) is 11.4. The van der Waals surface area contributed by atoms with Gasteiger partial charge in [0, 0.05) is 13.2 Å². The molecule has 0 unspecified atom stereocenters. The van der Waals surface area contributed by atoms with Crippen LogP contribution < -0.4 is 10.6 Å². The standard InChI is InChI=1S/C11H9ClF3N5O2S/c1-16-9(22)17-7(21)4-23-10-19-18-8-6(12)2-5(3-20(8)10)11(13,14)15/h2-3H,4H2,1H3,(H2,16,17,21,22). The van der Waals surface area contributed by atoms with E-state index in [1.165, 1.54) is 7.05 Å². The lowest BCUT2D eigenvalue weighted by Crippen LogP contribution is -2.38. The molecule has 0 spiro atoms. The minimum absolute atomic E-state index is 0.0360. The number of nitrogens with zero attached hydrogens (tertiary/aromatic N) is 3. The molecule has 0 saturated carbocycles. The Morgan fingerprint density at radius 3 is 2.70 bits per heavy atom. The second-order valence-corrected chi connectivity index (χ2v) is 5.52. The van der Waals surface area contributed by atoms with Crippen LogP contribution in [0.1, 0.15) is 5.56 Å². The summed E-state index contributed by atoms with van der Waals surface area (Å²) in [6.07, 6.45) is -3.79. The molecule has 0 fully saturated rings. The van der Waals surface area contributed by atoms with Crippen molar-refractivity contribution in [1.29, 1.82) is 0 Å². The van der Waals surface area contributed by atoms with Crippen molar-refractivity contribution in [3.63, 3.8) is 0 Å². The van der Waals surface area contributed by atoms with Crippen LogP contribution in [0, 0.1) is 0 Å². The highest BCUT2D eigenvalue weighted by molar-refractivity contribution is 7.99. The highest BCUT2D eigenvalue weighted by Crippen LogP contribution is 2.33. The summed E-state index contributed by atoms with van der Waals surface area (Å²) in [5, 5.41) is 11.4. The third kappa shape index (κ3) is 4.05. The lowest BCUT2D eigenvalue weighted by Gasteiger charge is -2.08. The zero-order valence-corrected chi connectivity index (χ0v) is 13.0. The van der Waals surface area contributed by atoms with Crippen LogP contribution in [0.15, 0.2) is 17.4 Å². The summed E-state index contributed by atoms with van der Waals surface area (Å²) in [6, 6.07) is 0.0577. The quantitative estimate of drug-likeness (QED) is 0.809. The van der Waals surface area contributed by atoms with Gasteiger partial charge in [-0.05, 0) is 6.07 Å². The molecular formula is C11H9ClF3N5O2S. The highest BCUT2D eigenvalue weighted by Gasteiger charge is 2.32. The third-order valence-electron chi connectivity index (χ3n) is 2.57. The van der Waals surface area contributed by atoms with E-state index in [9.17, 15) is 22.8 Å². The van der Waals surface area contributed by atoms with Gasteiger partial charge < -0.3 is 5.32 Å². The van der Waals surface area contributed by atoms with Gasteiger partial charge in [-0.2, -0.15) is 13.2 Å². The molecular weight excluding hydrogens is 359 g/mol. The van der Waals surface area contributed by atoms with E-state index < -0.39 is 23.7 Å². The van der Waals surface area contributed by atoms with Crippen molar-refractivity contribution in [2.45, 2.75) is 11.3 Å². The smallest absolute Gasteiger partial charge is 0.341 e. The SMILES string of the molecule is CNC(=O)NC(=O)CSc1nnc2c(Cl)cc(C(F)(F)F)cn12. The lowest BCUT2D eigenvalue weighted by molar-refractivity contribution is -0.137. The van der Waals surface area contributed by atoms with Gasteiger partial charge in [0.05, 0.1) is 16.3 Å². The van der Waals surface area contributed by atoms with Gasteiger partial charge in [0.25, 0.3) is 0 Å². The number of carbonyl (C=O) groups excluding carboxylic acids is 2. The normalized spacial score (nSPS) is 11.5. The average molecular weight is 368 g/mol. The minimum Gasteiger partial charge on any atom is -0.341 e. The van der Waals surface area contributed by atoms with Crippen molar-refractivity contribution in [3.8, 4) is 0 Å². The highest BCUT2D eigenvalue weighted by atomic mass is 35.5. The fourth-order valence-corrected chi connectivity index (χ4v) is 2.50. The van der Waals surface area contributed by atoms with Gasteiger partial charge in [-0.3, -0.25) is 14.5 Å². The molecule has 2 aromatic rings. The summed E-state index contributed by atoms with van der Waals surface area (Å²) in [5.41, 5.74) is -0.930. The number of imide groups is 1. The lowest BCUT2D eigenvalue weighted by atomic mass is 10.3. The molecule has 23 heavy (non-hydrogen) atoms. The number of hydrogen-bond donors (Lipinski definition) is 2. The number of carbonyl (C=O) groups is 2. The first-order valence-electron chi connectivity index (χ1n) is 5.98. The number of pyridine rings is 1. The number of urea groups is 1. The van der Waals surface area contributed by atoms with E-state index in [2.05, 4.69) is 15.5 Å². The molecule has 0 aliphatic heterocycles. The van der Waals surface area contributed by atoms with Gasteiger partial charge in [0.15, 0.2) is 10.8 Å². The molecule has 2 aromatic heterocycles. The van der Waals surface area contributed by atoms with E-state index in [0.717, 1.165) is 28.4 Å². The number of halogens is 4. The molecule has 2 rings (SSSR count). The summed E-state index contributed by atoms with van der Waals surface area (Å²) in [7, 11) is 1.34. The molecule has 0 aromatic carbocycles. The first-order chi connectivity index (χ1) is 10.7. The second kappa shape index (κ2) is 6.62. The summed E-state index contributed by atoms with van der Waals surface area (Å²) in [4.78, 5) is 22.4. The average Bonchev–Trinajstić information content (AvgIpc) is 2.87. The minimum atomic E-state index is -4.58. The maximum atomic E-state index is 12.8. The summed E-state index contributed by atoms with van der Waals surface area (Å²) >= 11 is 6.58. The van der Waals surface area contributed by atoms with Crippen LogP contribution in [-0.4, -0.2) is 39.3 Å². The zero-order chi connectivity index (χ0) is 17.2. The van der Waals surface area contributed by atoms with Gasteiger partial charge in [-0.15, -0.1) is 10.2 Å². The molecule has 0 radical (unpaired) electrons. The predicted octanol–water partition coefficient (Wildman–Crippen LogP) is 1.95. The monoisotopic (exact) mass is 367 g/mol. The van der Waals surface area contributed by atoms with Gasteiger partial charge in [-0.1, -0.05) is 23.4 Å². The predicted molar refractivity (Wildman–Crippen MR) is 76.3 cm³/mol. The Labute approximate surface area is 136 Å². The summed E-state index contributed by atoms with van der Waals surface area (Å²) < 4.78 is 39.5. The molecule has 7 nitrogen and oxygen atoms in total. The number of rotatable bonds is 3.